The second-order valence-corrected chi connectivity index (χ2v) is 4.59. The molecule has 0 saturated carbocycles. The van der Waals surface area contributed by atoms with Gasteiger partial charge in [-0.3, -0.25) is 4.90 Å². The molecule has 0 spiro atoms. The van der Waals surface area contributed by atoms with Crippen LogP contribution in [0.5, 0.6) is 0 Å². The summed E-state index contributed by atoms with van der Waals surface area (Å²) in [5, 5.41) is 8.92. The number of nitrogens with zero attached hydrogens (tertiary/aromatic N) is 1. The van der Waals surface area contributed by atoms with Gasteiger partial charge in [-0.05, 0) is 39.8 Å². The zero-order valence-corrected chi connectivity index (χ0v) is 11.0. The summed E-state index contributed by atoms with van der Waals surface area (Å²) in [7, 11) is 0. The van der Waals surface area contributed by atoms with Crippen LogP contribution >= 0.6 is 0 Å². The van der Waals surface area contributed by atoms with Gasteiger partial charge in [-0.1, -0.05) is 6.92 Å². The Hall–Kier alpha value is -1.29. The summed E-state index contributed by atoms with van der Waals surface area (Å²) in [4.78, 5) is 13.1. The van der Waals surface area contributed by atoms with Crippen molar-refractivity contribution in [2.75, 3.05) is 6.54 Å². The number of carboxylic acids is 1. The lowest BCUT2D eigenvalue weighted by Crippen LogP contribution is -2.30. The predicted molar refractivity (Wildman–Crippen MR) is 66.2 cm³/mol. The molecule has 4 heteroatoms. The van der Waals surface area contributed by atoms with Gasteiger partial charge in [0, 0.05) is 11.6 Å². The van der Waals surface area contributed by atoms with E-state index in [1.807, 2.05) is 6.07 Å². The Bertz CT molecular complexity index is 382. The van der Waals surface area contributed by atoms with Crippen molar-refractivity contribution in [2.24, 2.45) is 0 Å². The Balaban J connectivity index is 2.79. The monoisotopic (exact) mass is 239 g/mol. The standard InChI is InChI=1S/C13H21NO3/c1-5-6-14(9(2)3)8-11-7-10(4)12(17-11)13(15)16/h7,9H,5-6,8H2,1-4H3,(H,15,16). The second kappa shape index (κ2) is 5.87. The first kappa shape index (κ1) is 13.8. The van der Waals surface area contributed by atoms with Crippen molar-refractivity contribution in [1.82, 2.24) is 4.90 Å². The number of hydrogen-bond acceptors (Lipinski definition) is 3. The molecule has 4 nitrogen and oxygen atoms in total. The van der Waals surface area contributed by atoms with E-state index in [1.165, 1.54) is 0 Å². The summed E-state index contributed by atoms with van der Waals surface area (Å²) in [6.45, 7) is 9.80. The summed E-state index contributed by atoms with van der Waals surface area (Å²) in [5.41, 5.74) is 0.688. The van der Waals surface area contributed by atoms with E-state index in [2.05, 4.69) is 25.7 Å². The van der Waals surface area contributed by atoms with E-state index in [-0.39, 0.29) is 5.76 Å². The maximum Gasteiger partial charge on any atom is 0.372 e. The van der Waals surface area contributed by atoms with E-state index in [0.717, 1.165) is 18.7 Å². The fourth-order valence-corrected chi connectivity index (χ4v) is 1.85. The molecule has 0 aliphatic carbocycles. The molecule has 0 saturated heterocycles. The van der Waals surface area contributed by atoms with Crippen LogP contribution in [0.1, 0.15) is 49.1 Å². The summed E-state index contributed by atoms with van der Waals surface area (Å²) >= 11 is 0. The van der Waals surface area contributed by atoms with E-state index >= 15 is 0 Å². The van der Waals surface area contributed by atoms with Crippen LogP contribution in [0, 0.1) is 6.92 Å². The fourth-order valence-electron chi connectivity index (χ4n) is 1.85. The van der Waals surface area contributed by atoms with Crippen LogP contribution < -0.4 is 0 Å². The van der Waals surface area contributed by atoms with Crippen molar-refractivity contribution in [3.8, 4) is 0 Å². The van der Waals surface area contributed by atoms with Crippen molar-refractivity contribution >= 4 is 5.97 Å². The van der Waals surface area contributed by atoms with Crippen LogP contribution in [0.4, 0.5) is 0 Å². The van der Waals surface area contributed by atoms with E-state index in [1.54, 1.807) is 6.92 Å². The highest BCUT2D eigenvalue weighted by Gasteiger charge is 2.17. The van der Waals surface area contributed by atoms with Crippen molar-refractivity contribution in [3.05, 3.63) is 23.2 Å². The number of aryl methyl sites for hydroxylation is 1. The maximum absolute atomic E-state index is 10.9. The SMILES string of the molecule is CCCN(Cc1cc(C)c(C(=O)O)o1)C(C)C. The van der Waals surface area contributed by atoms with Gasteiger partial charge in [0.1, 0.15) is 5.76 Å². The summed E-state index contributed by atoms with van der Waals surface area (Å²) in [6.07, 6.45) is 1.07. The van der Waals surface area contributed by atoms with E-state index in [4.69, 9.17) is 9.52 Å². The van der Waals surface area contributed by atoms with Gasteiger partial charge in [-0.2, -0.15) is 0 Å². The number of carbonyl (C=O) groups is 1. The minimum atomic E-state index is -1.000. The highest BCUT2D eigenvalue weighted by Crippen LogP contribution is 2.17. The third-order valence-electron chi connectivity index (χ3n) is 2.76. The highest BCUT2D eigenvalue weighted by molar-refractivity contribution is 5.86. The average Bonchev–Trinajstić information content (AvgIpc) is 2.59. The summed E-state index contributed by atoms with van der Waals surface area (Å²) in [5.74, 6) is -0.220. The van der Waals surface area contributed by atoms with Crippen molar-refractivity contribution in [2.45, 2.75) is 46.7 Å². The highest BCUT2D eigenvalue weighted by atomic mass is 16.4. The second-order valence-electron chi connectivity index (χ2n) is 4.59. The molecule has 96 valence electrons. The summed E-state index contributed by atoms with van der Waals surface area (Å²) < 4.78 is 5.36. The smallest absolute Gasteiger partial charge is 0.372 e. The minimum absolute atomic E-state index is 0.0557. The van der Waals surface area contributed by atoms with Crippen LogP contribution in [0.3, 0.4) is 0 Å². The molecule has 1 aromatic rings. The fraction of sp³-hybridized carbons (Fsp3) is 0.615. The quantitative estimate of drug-likeness (QED) is 0.829. The predicted octanol–water partition coefficient (Wildman–Crippen LogP) is 2.91. The molecule has 0 unspecified atom stereocenters. The van der Waals surface area contributed by atoms with Crippen molar-refractivity contribution in [3.63, 3.8) is 0 Å². The normalized spacial score (nSPS) is 11.4. The Morgan fingerprint density at radius 3 is 2.59 bits per heavy atom. The van der Waals surface area contributed by atoms with Gasteiger partial charge >= 0.3 is 5.97 Å². The van der Waals surface area contributed by atoms with Gasteiger partial charge < -0.3 is 9.52 Å². The first-order chi connectivity index (χ1) is 7.95. The van der Waals surface area contributed by atoms with Crippen molar-refractivity contribution < 1.29 is 14.3 Å². The summed E-state index contributed by atoms with van der Waals surface area (Å²) in [6, 6.07) is 2.24. The van der Waals surface area contributed by atoms with Crippen LogP contribution in [0.15, 0.2) is 10.5 Å². The molecule has 17 heavy (non-hydrogen) atoms. The Morgan fingerprint density at radius 1 is 1.53 bits per heavy atom. The lowest BCUT2D eigenvalue weighted by atomic mass is 10.2. The molecule has 0 aliphatic heterocycles. The molecule has 1 heterocycles. The van der Waals surface area contributed by atoms with E-state index in [9.17, 15) is 4.79 Å². The number of carboxylic acid groups (broad SMARTS) is 1. The van der Waals surface area contributed by atoms with E-state index in [0.29, 0.717) is 18.2 Å². The molecule has 0 atom stereocenters. The van der Waals surface area contributed by atoms with Gasteiger partial charge in [-0.15, -0.1) is 0 Å². The molecule has 0 radical (unpaired) electrons. The molecule has 0 bridgehead atoms. The number of rotatable bonds is 6. The molecule has 0 aromatic carbocycles. The molecule has 0 fully saturated rings. The maximum atomic E-state index is 10.9. The zero-order chi connectivity index (χ0) is 13.0. The topological polar surface area (TPSA) is 53.7 Å². The van der Waals surface area contributed by atoms with Gasteiger partial charge in [0.25, 0.3) is 0 Å². The molecular formula is C13H21NO3. The molecule has 0 amide bonds. The average molecular weight is 239 g/mol. The number of aromatic carboxylic acids is 1. The van der Waals surface area contributed by atoms with E-state index < -0.39 is 5.97 Å². The third-order valence-corrected chi connectivity index (χ3v) is 2.76. The first-order valence-electron chi connectivity index (χ1n) is 6.02. The molecular weight excluding hydrogens is 218 g/mol. The Labute approximate surface area is 102 Å². The molecule has 1 N–H and O–H groups in total. The van der Waals surface area contributed by atoms with Crippen LogP contribution in [0.2, 0.25) is 0 Å². The van der Waals surface area contributed by atoms with Crippen molar-refractivity contribution in [1.29, 1.82) is 0 Å². The van der Waals surface area contributed by atoms with Crippen LogP contribution in [0.25, 0.3) is 0 Å². The zero-order valence-electron chi connectivity index (χ0n) is 11.0. The molecule has 1 rings (SSSR count). The van der Waals surface area contributed by atoms with Crippen LogP contribution in [-0.4, -0.2) is 28.6 Å². The van der Waals surface area contributed by atoms with Gasteiger partial charge in [0.05, 0.1) is 6.54 Å². The largest absolute Gasteiger partial charge is 0.475 e. The number of furan rings is 1. The number of hydrogen-bond donors (Lipinski definition) is 1. The Morgan fingerprint density at radius 2 is 2.18 bits per heavy atom. The van der Waals surface area contributed by atoms with Crippen LogP contribution in [-0.2, 0) is 6.54 Å². The van der Waals surface area contributed by atoms with Gasteiger partial charge in [0.2, 0.25) is 5.76 Å². The van der Waals surface area contributed by atoms with Gasteiger partial charge in [0.15, 0.2) is 0 Å². The Kier molecular flexibility index (Phi) is 4.75. The lowest BCUT2D eigenvalue weighted by Gasteiger charge is -2.24. The van der Waals surface area contributed by atoms with Gasteiger partial charge in [-0.25, -0.2) is 4.79 Å². The third kappa shape index (κ3) is 3.60. The first-order valence-corrected chi connectivity index (χ1v) is 6.02. The minimum Gasteiger partial charge on any atom is -0.475 e. The molecule has 1 aromatic heterocycles. The molecule has 0 aliphatic rings. The lowest BCUT2D eigenvalue weighted by molar-refractivity contribution is 0.0656.